The van der Waals surface area contributed by atoms with Crippen molar-refractivity contribution >= 4 is 23.2 Å². The summed E-state index contributed by atoms with van der Waals surface area (Å²) in [5.74, 6) is 1.68. The molecule has 1 amide bonds. The fraction of sp³-hybridized carbons (Fsp3) is 0.304. The van der Waals surface area contributed by atoms with Crippen molar-refractivity contribution in [2.75, 3.05) is 5.32 Å². The van der Waals surface area contributed by atoms with E-state index in [1.807, 2.05) is 36.4 Å². The molecule has 144 valence electrons. The maximum atomic E-state index is 12.6. The molecule has 0 bridgehead atoms. The predicted octanol–water partition coefficient (Wildman–Crippen LogP) is 4.80. The molecule has 0 radical (unpaired) electrons. The third-order valence-corrected chi connectivity index (χ3v) is 5.56. The molecular weight excluding hydrogens is 370 g/mol. The lowest BCUT2D eigenvalue weighted by Gasteiger charge is -2.08. The number of benzene rings is 2. The van der Waals surface area contributed by atoms with Crippen molar-refractivity contribution < 1.29 is 9.36 Å². The van der Waals surface area contributed by atoms with Crippen molar-refractivity contribution in [2.45, 2.75) is 45.7 Å². The molecule has 0 fully saturated rings. The summed E-state index contributed by atoms with van der Waals surface area (Å²) >= 11 is 6.03. The average Bonchev–Trinajstić information content (AvgIpc) is 3.27. The molecule has 1 aliphatic heterocycles. The van der Waals surface area contributed by atoms with Crippen molar-refractivity contribution in [1.29, 1.82) is 0 Å². The van der Waals surface area contributed by atoms with Gasteiger partial charge in [0.05, 0.1) is 13.0 Å². The number of hydrogen-bond donors (Lipinski definition) is 1. The van der Waals surface area contributed by atoms with Crippen molar-refractivity contribution in [3.63, 3.8) is 0 Å². The minimum absolute atomic E-state index is 0.00902. The number of hydrogen-bond acceptors (Lipinski definition) is 1. The van der Waals surface area contributed by atoms with E-state index in [1.54, 1.807) is 0 Å². The minimum Gasteiger partial charge on any atom is -0.323 e. The average molecular weight is 395 g/mol. The first-order chi connectivity index (χ1) is 13.5. The normalized spacial score (nSPS) is 13.0. The quantitative estimate of drug-likeness (QED) is 0.620. The highest BCUT2D eigenvalue weighted by Gasteiger charge is 2.29. The SMILES string of the molecule is CC(C)c1ccc(NC(=O)C[n+]2cc(-c3ccc(Cl)cc3)n3c2CCC3)cc1. The van der Waals surface area contributed by atoms with E-state index in [0.717, 1.165) is 41.4 Å². The Labute approximate surface area is 170 Å². The van der Waals surface area contributed by atoms with Crippen LogP contribution in [0, 0.1) is 0 Å². The second-order valence-electron chi connectivity index (χ2n) is 7.65. The zero-order valence-corrected chi connectivity index (χ0v) is 17.0. The molecule has 0 unspecified atom stereocenters. The van der Waals surface area contributed by atoms with Gasteiger partial charge in [-0.15, -0.1) is 0 Å². The van der Waals surface area contributed by atoms with Gasteiger partial charge >= 0.3 is 0 Å². The fourth-order valence-corrected chi connectivity index (χ4v) is 3.93. The van der Waals surface area contributed by atoms with Gasteiger partial charge in [-0.3, -0.25) is 4.79 Å². The second-order valence-corrected chi connectivity index (χ2v) is 8.08. The number of carbonyl (C=O) groups excluding carboxylic acids is 1. The maximum Gasteiger partial charge on any atom is 0.266 e. The first kappa shape index (κ1) is 18.8. The number of amides is 1. The molecule has 2 aromatic carbocycles. The number of anilines is 1. The highest BCUT2D eigenvalue weighted by atomic mass is 35.5. The molecule has 0 spiro atoms. The molecule has 28 heavy (non-hydrogen) atoms. The molecule has 4 rings (SSSR count). The van der Waals surface area contributed by atoms with Gasteiger partial charge in [0.1, 0.15) is 6.20 Å². The van der Waals surface area contributed by atoms with E-state index >= 15 is 0 Å². The number of nitrogens with one attached hydrogen (secondary N) is 1. The Bertz CT molecular complexity index is 988. The van der Waals surface area contributed by atoms with Crippen LogP contribution in [0.1, 0.15) is 37.6 Å². The highest BCUT2D eigenvalue weighted by Crippen LogP contribution is 2.26. The highest BCUT2D eigenvalue weighted by molar-refractivity contribution is 6.30. The molecular formula is C23H25ClN3O+. The largest absolute Gasteiger partial charge is 0.323 e. The Morgan fingerprint density at radius 1 is 1.14 bits per heavy atom. The number of fused-ring (bicyclic) bond motifs is 1. The van der Waals surface area contributed by atoms with Gasteiger partial charge in [0, 0.05) is 16.3 Å². The number of halogens is 1. The summed E-state index contributed by atoms with van der Waals surface area (Å²) in [4.78, 5) is 12.6. The summed E-state index contributed by atoms with van der Waals surface area (Å²) in [5, 5.41) is 3.75. The molecule has 1 aliphatic rings. The van der Waals surface area contributed by atoms with Crippen LogP contribution in [0.4, 0.5) is 5.69 Å². The molecule has 3 aromatic rings. The van der Waals surface area contributed by atoms with Crippen LogP contribution < -0.4 is 9.88 Å². The van der Waals surface area contributed by atoms with Crippen molar-refractivity contribution in [2.24, 2.45) is 0 Å². The number of nitrogens with zero attached hydrogens (tertiary/aromatic N) is 2. The van der Waals surface area contributed by atoms with Crippen LogP contribution >= 0.6 is 11.6 Å². The second kappa shape index (κ2) is 7.80. The third kappa shape index (κ3) is 3.83. The minimum atomic E-state index is -0.00902. The Balaban J connectivity index is 1.52. The molecule has 0 saturated heterocycles. The maximum absolute atomic E-state index is 12.6. The van der Waals surface area contributed by atoms with Gasteiger partial charge in [0.2, 0.25) is 0 Å². The van der Waals surface area contributed by atoms with E-state index in [-0.39, 0.29) is 5.91 Å². The number of imidazole rings is 1. The summed E-state index contributed by atoms with van der Waals surface area (Å²) in [6, 6.07) is 16.0. The van der Waals surface area contributed by atoms with E-state index in [4.69, 9.17) is 11.6 Å². The lowest BCUT2D eigenvalue weighted by atomic mass is 10.0. The van der Waals surface area contributed by atoms with Gasteiger partial charge < -0.3 is 5.32 Å². The Kier molecular flexibility index (Phi) is 5.23. The van der Waals surface area contributed by atoms with Crippen molar-refractivity contribution in [3.05, 3.63) is 71.1 Å². The first-order valence-corrected chi connectivity index (χ1v) is 10.2. The lowest BCUT2D eigenvalue weighted by Crippen LogP contribution is -2.42. The summed E-state index contributed by atoms with van der Waals surface area (Å²) in [5.41, 5.74) is 4.36. The smallest absolute Gasteiger partial charge is 0.266 e. The van der Waals surface area contributed by atoms with Crippen LogP contribution in [0.5, 0.6) is 0 Å². The van der Waals surface area contributed by atoms with Crippen LogP contribution in [0.15, 0.2) is 54.7 Å². The zero-order valence-electron chi connectivity index (χ0n) is 16.3. The van der Waals surface area contributed by atoms with Gasteiger partial charge in [-0.1, -0.05) is 37.6 Å². The summed E-state index contributed by atoms with van der Waals surface area (Å²) in [6.07, 6.45) is 4.18. The summed E-state index contributed by atoms with van der Waals surface area (Å²) < 4.78 is 4.39. The third-order valence-electron chi connectivity index (χ3n) is 5.31. The van der Waals surface area contributed by atoms with E-state index in [9.17, 15) is 4.79 Å². The molecule has 4 nitrogen and oxygen atoms in total. The van der Waals surface area contributed by atoms with E-state index in [2.05, 4.69) is 46.6 Å². The number of rotatable bonds is 5. The Morgan fingerprint density at radius 3 is 2.54 bits per heavy atom. The molecule has 1 aromatic heterocycles. The van der Waals surface area contributed by atoms with Gasteiger partial charge in [-0.2, -0.15) is 0 Å². The van der Waals surface area contributed by atoms with Crippen LogP contribution in [-0.4, -0.2) is 10.5 Å². The number of aromatic nitrogens is 2. The summed E-state index contributed by atoms with van der Waals surface area (Å²) in [6.45, 7) is 5.62. The van der Waals surface area contributed by atoms with Crippen LogP contribution in [0.3, 0.4) is 0 Å². The van der Waals surface area contributed by atoms with Crippen LogP contribution in [0.25, 0.3) is 11.3 Å². The molecule has 5 heteroatoms. The fourth-order valence-electron chi connectivity index (χ4n) is 3.80. The first-order valence-electron chi connectivity index (χ1n) is 9.79. The molecule has 1 N–H and O–H groups in total. The van der Waals surface area contributed by atoms with Crippen LogP contribution in [0.2, 0.25) is 5.02 Å². The lowest BCUT2D eigenvalue weighted by molar-refractivity contribution is -0.690. The van der Waals surface area contributed by atoms with Gasteiger partial charge in [-0.25, -0.2) is 9.13 Å². The molecule has 0 atom stereocenters. The Morgan fingerprint density at radius 2 is 1.86 bits per heavy atom. The number of carbonyl (C=O) groups is 1. The predicted molar refractivity (Wildman–Crippen MR) is 113 cm³/mol. The van der Waals surface area contributed by atoms with Gasteiger partial charge in [0.15, 0.2) is 12.2 Å². The van der Waals surface area contributed by atoms with E-state index in [1.165, 1.54) is 11.4 Å². The molecule has 0 saturated carbocycles. The van der Waals surface area contributed by atoms with E-state index < -0.39 is 0 Å². The Hall–Kier alpha value is -2.59. The van der Waals surface area contributed by atoms with Crippen LogP contribution in [-0.2, 0) is 24.3 Å². The standard InChI is InChI=1S/C23H24ClN3O/c1-16(2)17-7-11-20(12-8-17)25-22(28)15-26-14-21(27-13-3-4-23(26)27)18-5-9-19(24)10-6-18/h5-12,14,16H,3-4,13,15H2,1-2H3/p+1. The van der Waals surface area contributed by atoms with Crippen molar-refractivity contribution in [1.82, 2.24) is 4.57 Å². The van der Waals surface area contributed by atoms with Gasteiger partial charge in [0.25, 0.3) is 11.7 Å². The molecule has 0 aliphatic carbocycles. The topological polar surface area (TPSA) is 37.9 Å². The van der Waals surface area contributed by atoms with Gasteiger partial charge in [-0.05, 0) is 54.3 Å². The monoisotopic (exact) mass is 394 g/mol. The van der Waals surface area contributed by atoms with Crippen molar-refractivity contribution in [3.8, 4) is 11.3 Å². The van der Waals surface area contributed by atoms with E-state index in [0.29, 0.717) is 12.5 Å². The summed E-state index contributed by atoms with van der Waals surface area (Å²) in [7, 11) is 0. The zero-order chi connectivity index (χ0) is 19.7. The molecule has 2 heterocycles.